The molecule has 0 saturated heterocycles. The molecule has 0 unspecified atom stereocenters. The Morgan fingerprint density at radius 2 is 1.12 bits per heavy atom. The number of aryl methyl sites for hydroxylation is 1. The van der Waals surface area contributed by atoms with Gasteiger partial charge in [0.2, 0.25) is 0 Å². The predicted molar refractivity (Wildman–Crippen MR) is 201 cm³/mol. The molecule has 0 amide bonds. The number of para-hydroxylation sites is 1. The van der Waals surface area contributed by atoms with E-state index < -0.39 is 0 Å². The number of aromatic nitrogens is 3. The molecule has 3 nitrogen and oxygen atoms in total. The first-order valence-electron chi connectivity index (χ1n) is 16.6. The van der Waals surface area contributed by atoms with Gasteiger partial charge in [-0.05, 0) is 87.0 Å². The van der Waals surface area contributed by atoms with Gasteiger partial charge in [-0.2, -0.15) is 0 Å². The molecule has 3 heteroatoms. The Kier molecular flexibility index (Phi) is 6.00. The van der Waals surface area contributed by atoms with Crippen molar-refractivity contribution in [3.63, 3.8) is 0 Å². The number of fused-ring (bicyclic) bond motifs is 10. The zero-order valence-corrected chi connectivity index (χ0v) is 26.2. The average molecular weight is 612 g/mol. The van der Waals surface area contributed by atoms with Gasteiger partial charge in [0.15, 0.2) is 0 Å². The highest BCUT2D eigenvalue weighted by atomic mass is 14.8. The monoisotopic (exact) mass is 611 g/mol. The minimum absolute atomic E-state index is 0.893. The van der Waals surface area contributed by atoms with E-state index in [1.165, 1.54) is 43.8 Å². The molecule has 48 heavy (non-hydrogen) atoms. The summed E-state index contributed by atoms with van der Waals surface area (Å²) in [6.45, 7) is 0. The van der Waals surface area contributed by atoms with E-state index in [1.54, 1.807) is 0 Å². The van der Waals surface area contributed by atoms with Crippen molar-refractivity contribution in [3.8, 4) is 33.6 Å². The standard InChI is InChI=1S/C45H29N3/c1-6-12-41-33(7-1)25-34(27-46-41)43-24-21-31-18-17-30-20-23-42(47-44(30)45(31)48-43)29-15-13-28(14-16-29)32-19-22-39-37-10-3-2-8-35(37)36-9-4-5-11-38(36)40(39)26-32/h1,3-7,9-27H,2,8H2. The highest BCUT2D eigenvalue weighted by Crippen LogP contribution is 2.39. The molecule has 3 aromatic heterocycles. The number of nitrogens with zero attached hydrogens (tertiary/aromatic N) is 3. The van der Waals surface area contributed by atoms with Crippen LogP contribution in [-0.2, 0) is 6.42 Å². The zero-order valence-electron chi connectivity index (χ0n) is 26.2. The molecule has 0 atom stereocenters. The van der Waals surface area contributed by atoms with Crippen LogP contribution in [0.1, 0.15) is 17.5 Å². The molecule has 0 aliphatic heterocycles. The Morgan fingerprint density at radius 3 is 1.94 bits per heavy atom. The number of hydrogen-bond acceptors (Lipinski definition) is 3. The Morgan fingerprint density at radius 1 is 0.458 bits per heavy atom. The van der Waals surface area contributed by atoms with Crippen LogP contribution in [0.3, 0.4) is 0 Å². The van der Waals surface area contributed by atoms with Crippen LogP contribution in [0.5, 0.6) is 0 Å². The van der Waals surface area contributed by atoms with Crippen molar-refractivity contribution in [3.05, 3.63) is 157 Å². The second-order valence-corrected chi connectivity index (χ2v) is 12.7. The van der Waals surface area contributed by atoms with E-state index in [-0.39, 0.29) is 0 Å². The maximum Gasteiger partial charge on any atom is 0.0972 e. The molecule has 10 rings (SSSR count). The summed E-state index contributed by atoms with van der Waals surface area (Å²) in [4.78, 5) is 15.0. The van der Waals surface area contributed by atoms with Gasteiger partial charge >= 0.3 is 0 Å². The van der Waals surface area contributed by atoms with Gasteiger partial charge in [-0.3, -0.25) is 4.98 Å². The Bertz CT molecular complexity index is 2780. The predicted octanol–water partition coefficient (Wildman–Crippen LogP) is 11.6. The van der Waals surface area contributed by atoms with Crippen molar-refractivity contribution >= 4 is 60.3 Å². The smallest absolute Gasteiger partial charge is 0.0972 e. The maximum absolute atomic E-state index is 5.19. The van der Waals surface area contributed by atoms with E-state index in [2.05, 4.69) is 132 Å². The van der Waals surface area contributed by atoms with Crippen molar-refractivity contribution in [2.45, 2.75) is 12.8 Å². The molecule has 224 valence electrons. The fraction of sp³-hybridized carbons (Fsp3) is 0.0444. The summed E-state index contributed by atoms with van der Waals surface area (Å²) < 4.78 is 0. The van der Waals surface area contributed by atoms with E-state index in [4.69, 9.17) is 9.97 Å². The van der Waals surface area contributed by atoms with Crippen LogP contribution in [0.25, 0.3) is 94.0 Å². The molecular weight excluding hydrogens is 583 g/mol. The summed E-state index contributed by atoms with van der Waals surface area (Å²) in [7, 11) is 0. The van der Waals surface area contributed by atoms with E-state index in [1.807, 2.05) is 24.4 Å². The minimum atomic E-state index is 0.893. The molecule has 0 spiro atoms. The highest BCUT2D eigenvalue weighted by molar-refractivity contribution is 6.14. The molecular formula is C45H29N3. The second-order valence-electron chi connectivity index (χ2n) is 12.7. The first kappa shape index (κ1) is 27.0. The summed E-state index contributed by atoms with van der Waals surface area (Å²) in [5.74, 6) is 0. The Labute approximate surface area is 277 Å². The SMILES string of the molecule is C1=Cc2c(c3ccccc3c3cc(-c4ccc(-c5ccc6ccc7ccc(-c8cnc9ccccc9c8)nc7c6n5)cc4)ccc23)CC1. The summed E-state index contributed by atoms with van der Waals surface area (Å²) in [6.07, 6.45) is 8.74. The summed E-state index contributed by atoms with van der Waals surface area (Å²) in [5.41, 5.74) is 12.0. The van der Waals surface area contributed by atoms with Crippen LogP contribution in [0.15, 0.2) is 146 Å². The van der Waals surface area contributed by atoms with Crippen molar-refractivity contribution < 1.29 is 0 Å². The van der Waals surface area contributed by atoms with Crippen LogP contribution in [0.2, 0.25) is 0 Å². The van der Waals surface area contributed by atoms with Crippen LogP contribution in [0.4, 0.5) is 0 Å². The van der Waals surface area contributed by atoms with Gasteiger partial charge in [-0.25, -0.2) is 9.97 Å². The second kappa shape index (κ2) is 10.7. The number of benzene rings is 6. The van der Waals surface area contributed by atoms with E-state index in [0.29, 0.717) is 0 Å². The van der Waals surface area contributed by atoms with Crippen molar-refractivity contribution in [2.24, 2.45) is 0 Å². The number of allylic oxidation sites excluding steroid dienone is 1. The summed E-state index contributed by atoms with van der Waals surface area (Å²) in [6, 6.07) is 47.7. The first-order valence-corrected chi connectivity index (χ1v) is 16.6. The van der Waals surface area contributed by atoms with Crippen LogP contribution >= 0.6 is 0 Å². The molecule has 6 aromatic carbocycles. The van der Waals surface area contributed by atoms with Crippen LogP contribution < -0.4 is 0 Å². The Balaban J connectivity index is 1.04. The van der Waals surface area contributed by atoms with E-state index in [9.17, 15) is 0 Å². The lowest BCUT2D eigenvalue weighted by Gasteiger charge is -2.18. The lowest BCUT2D eigenvalue weighted by Crippen LogP contribution is -1.97. The molecule has 0 fully saturated rings. The molecule has 1 aliphatic rings. The lowest BCUT2D eigenvalue weighted by atomic mass is 9.86. The van der Waals surface area contributed by atoms with Crippen molar-refractivity contribution in [2.75, 3.05) is 0 Å². The van der Waals surface area contributed by atoms with Gasteiger partial charge < -0.3 is 0 Å². The van der Waals surface area contributed by atoms with Gasteiger partial charge in [0.05, 0.1) is 27.9 Å². The number of rotatable bonds is 3. The van der Waals surface area contributed by atoms with Gasteiger partial charge in [0.25, 0.3) is 0 Å². The third kappa shape index (κ3) is 4.32. The van der Waals surface area contributed by atoms with Gasteiger partial charge in [-0.15, -0.1) is 0 Å². The van der Waals surface area contributed by atoms with E-state index in [0.717, 1.165) is 68.1 Å². The minimum Gasteiger partial charge on any atom is -0.256 e. The van der Waals surface area contributed by atoms with Gasteiger partial charge in [0.1, 0.15) is 0 Å². The summed E-state index contributed by atoms with van der Waals surface area (Å²) >= 11 is 0. The van der Waals surface area contributed by atoms with Gasteiger partial charge in [-0.1, -0.05) is 115 Å². The third-order valence-corrected chi connectivity index (χ3v) is 9.94. The molecule has 0 radical (unpaired) electrons. The largest absolute Gasteiger partial charge is 0.256 e. The molecule has 0 N–H and O–H groups in total. The average Bonchev–Trinajstić information content (AvgIpc) is 3.17. The van der Waals surface area contributed by atoms with Gasteiger partial charge in [0, 0.05) is 33.5 Å². The molecule has 0 bridgehead atoms. The molecule has 9 aromatic rings. The third-order valence-electron chi connectivity index (χ3n) is 9.94. The maximum atomic E-state index is 5.19. The van der Waals surface area contributed by atoms with E-state index >= 15 is 0 Å². The molecule has 0 saturated carbocycles. The molecule has 1 aliphatic carbocycles. The highest BCUT2D eigenvalue weighted by Gasteiger charge is 2.16. The number of hydrogen-bond donors (Lipinski definition) is 0. The van der Waals surface area contributed by atoms with Crippen molar-refractivity contribution in [1.82, 2.24) is 15.0 Å². The topological polar surface area (TPSA) is 38.7 Å². The van der Waals surface area contributed by atoms with Crippen molar-refractivity contribution in [1.29, 1.82) is 0 Å². The molecule has 3 heterocycles. The normalized spacial score (nSPS) is 12.8. The fourth-order valence-corrected chi connectivity index (χ4v) is 7.49. The van der Waals surface area contributed by atoms with Crippen LogP contribution in [0, 0.1) is 0 Å². The Hall–Kier alpha value is -6.19. The lowest BCUT2D eigenvalue weighted by molar-refractivity contribution is 1.00. The quantitative estimate of drug-likeness (QED) is 0.187. The van der Waals surface area contributed by atoms with Crippen LogP contribution in [-0.4, -0.2) is 15.0 Å². The number of pyridine rings is 3. The first-order chi connectivity index (χ1) is 23.8. The summed E-state index contributed by atoms with van der Waals surface area (Å²) in [5, 5.41) is 8.61. The fourth-order valence-electron chi connectivity index (χ4n) is 7.49. The zero-order chi connectivity index (χ0) is 31.6.